The molecular formula is C17H13N5O3. The number of ketones is 1. The Bertz CT molecular complexity index is 964. The number of H-pyrrole nitrogens is 1. The van der Waals surface area contributed by atoms with E-state index in [0.717, 1.165) is 16.9 Å². The first-order valence-electron chi connectivity index (χ1n) is 7.66. The number of aromatic amines is 1. The van der Waals surface area contributed by atoms with Gasteiger partial charge in [-0.05, 0) is 24.3 Å². The Kier molecular flexibility index (Phi) is 3.50. The van der Waals surface area contributed by atoms with E-state index in [0.29, 0.717) is 17.7 Å². The lowest BCUT2D eigenvalue weighted by atomic mass is 9.98. The molecule has 0 aliphatic carbocycles. The van der Waals surface area contributed by atoms with Crippen molar-refractivity contribution in [2.75, 3.05) is 5.32 Å². The number of hydrogen-bond donors (Lipinski definition) is 2. The molecular weight excluding hydrogens is 322 g/mol. The number of aromatic nitrogens is 3. The largest absolute Gasteiger partial charge is 0.373 e. The number of nitro groups is 1. The van der Waals surface area contributed by atoms with Crippen LogP contribution in [-0.4, -0.2) is 31.9 Å². The fourth-order valence-corrected chi connectivity index (χ4v) is 2.96. The van der Waals surface area contributed by atoms with E-state index in [2.05, 4.69) is 20.5 Å². The number of nitrogens with one attached hydrogen (secondary N) is 2. The van der Waals surface area contributed by atoms with E-state index in [1.54, 1.807) is 18.5 Å². The first-order chi connectivity index (χ1) is 12.1. The van der Waals surface area contributed by atoms with Gasteiger partial charge in [-0.15, -0.1) is 0 Å². The van der Waals surface area contributed by atoms with Crippen LogP contribution in [0.5, 0.6) is 0 Å². The highest BCUT2D eigenvalue weighted by Crippen LogP contribution is 2.32. The van der Waals surface area contributed by atoms with E-state index in [1.165, 1.54) is 24.3 Å². The molecule has 124 valence electrons. The van der Waals surface area contributed by atoms with E-state index in [4.69, 9.17) is 0 Å². The maximum Gasteiger partial charge on any atom is 0.269 e. The second-order valence-corrected chi connectivity index (χ2v) is 5.74. The molecule has 0 saturated heterocycles. The van der Waals surface area contributed by atoms with Gasteiger partial charge in [0.2, 0.25) is 0 Å². The number of nitrogens with zero attached hydrogens (tertiary/aromatic N) is 3. The quantitative estimate of drug-likeness (QED) is 0.432. The SMILES string of the molecule is O=C(c1ccc([N+](=O)[O-])cc1)C1Cc2cn[nH]c2-c2ncccc2N1. The van der Waals surface area contributed by atoms with Crippen molar-refractivity contribution in [1.29, 1.82) is 0 Å². The number of carbonyl (C=O) groups is 1. The highest BCUT2D eigenvalue weighted by Gasteiger charge is 2.28. The fraction of sp³-hybridized carbons (Fsp3) is 0.118. The van der Waals surface area contributed by atoms with E-state index in [-0.39, 0.29) is 11.5 Å². The average molecular weight is 335 g/mol. The first kappa shape index (κ1) is 15.0. The van der Waals surface area contributed by atoms with E-state index < -0.39 is 11.0 Å². The molecule has 25 heavy (non-hydrogen) atoms. The van der Waals surface area contributed by atoms with Crippen LogP contribution in [0.1, 0.15) is 15.9 Å². The third-order valence-corrected chi connectivity index (χ3v) is 4.20. The minimum atomic E-state index is -0.511. The van der Waals surface area contributed by atoms with Crippen molar-refractivity contribution in [3.8, 4) is 11.4 Å². The Labute approximate surface area is 142 Å². The summed E-state index contributed by atoms with van der Waals surface area (Å²) in [6, 6.07) is 8.77. The number of Topliss-reactive ketones (excluding diaryl/α,β-unsaturated/α-hetero) is 1. The van der Waals surface area contributed by atoms with E-state index in [1.807, 2.05) is 6.07 Å². The van der Waals surface area contributed by atoms with Gasteiger partial charge in [0.05, 0.1) is 28.5 Å². The third kappa shape index (κ3) is 2.63. The van der Waals surface area contributed by atoms with Crippen molar-refractivity contribution >= 4 is 17.2 Å². The molecule has 8 nitrogen and oxygen atoms in total. The minimum Gasteiger partial charge on any atom is -0.373 e. The summed E-state index contributed by atoms with van der Waals surface area (Å²) in [7, 11) is 0. The lowest BCUT2D eigenvalue weighted by Crippen LogP contribution is -2.31. The topological polar surface area (TPSA) is 114 Å². The molecule has 2 N–H and O–H groups in total. The van der Waals surface area contributed by atoms with Crippen molar-refractivity contribution in [1.82, 2.24) is 15.2 Å². The Hall–Kier alpha value is -3.55. The molecule has 1 atom stereocenters. The van der Waals surface area contributed by atoms with Crippen molar-refractivity contribution in [2.45, 2.75) is 12.5 Å². The van der Waals surface area contributed by atoms with Crippen LogP contribution >= 0.6 is 0 Å². The highest BCUT2D eigenvalue weighted by molar-refractivity contribution is 6.03. The summed E-state index contributed by atoms with van der Waals surface area (Å²) in [6.45, 7) is 0. The number of rotatable bonds is 3. The van der Waals surface area contributed by atoms with Crippen LogP contribution < -0.4 is 5.32 Å². The number of nitro benzene ring substituents is 1. The van der Waals surface area contributed by atoms with Crippen molar-refractivity contribution in [3.63, 3.8) is 0 Å². The number of non-ortho nitro benzene ring substituents is 1. The molecule has 0 bridgehead atoms. The maximum atomic E-state index is 12.9. The molecule has 3 aromatic rings. The summed E-state index contributed by atoms with van der Waals surface area (Å²) >= 11 is 0. The lowest BCUT2D eigenvalue weighted by molar-refractivity contribution is -0.384. The van der Waals surface area contributed by atoms with E-state index in [9.17, 15) is 14.9 Å². The Morgan fingerprint density at radius 2 is 2.04 bits per heavy atom. The van der Waals surface area contributed by atoms with Gasteiger partial charge in [-0.3, -0.25) is 25.0 Å². The third-order valence-electron chi connectivity index (χ3n) is 4.20. The second-order valence-electron chi connectivity index (χ2n) is 5.74. The molecule has 0 fully saturated rings. The first-order valence-corrected chi connectivity index (χ1v) is 7.66. The Morgan fingerprint density at radius 1 is 1.24 bits per heavy atom. The molecule has 0 amide bonds. The molecule has 2 aromatic heterocycles. The van der Waals surface area contributed by atoms with Gasteiger partial charge in [0.1, 0.15) is 5.69 Å². The minimum absolute atomic E-state index is 0.0444. The predicted molar refractivity (Wildman–Crippen MR) is 90.4 cm³/mol. The molecule has 1 aliphatic rings. The van der Waals surface area contributed by atoms with Crippen LogP contribution in [0.3, 0.4) is 0 Å². The zero-order chi connectivity index (χ0) is 17.4. The number of carbonyl (C=O) groups excluding carboxylic acids is 1. The molecule has 3 heterocycles. The Balaban J connectivity index is 1.70. The normalized spacial score (nSPS) is 15.4. The smallest absolute Gasteiger partial charge is 0.269 e. The zero-order valence-corrected chi connectivity index (χ0v) is 13.0. The van der Waals surface area contributed by atoms with Gasteiger partial charge >= 0.3 is 0 Å². The van der Waals surface area contributed by atoms with Crippen LogP contribution in [-0.2, 0) is 6.42 Å². The van der Waals surface area contributed by atoms with Gasteiger partial charge in [0.15, 0.2) is 5.78 Å². The summed E-state index contributed by atoms with van der Waals surface area (Å²) in [5.74, 6) is -0.140. The average Bonchev–Trinajstić information content (AvgIpc) is 3.03. The molecule has 4 rings (SSSR count). The van der Waals surface area contributed by atoms with Crippen LogP contribution in [0.4, 0.5) is 11.4 Å². The summed E-state index contributed by atoms with van der Waals surface area (Å²) in [5, 5.41) is 21.0. The second kappa shape index (κ2) is 5.82. The standard InChI is InChI=1S/C17H13N5O3/c23-17(10-3-5-12(6-4-10)22(24)25)14-8-11-9-19-21-15(11)16-13(20-14)2-1-7-18-16/h1-7,9,14,20H,8H2,(H,19,21). The van der Waals surface area contributed by atoms with Crippen LogP contribution in [0.25, 0.3) is 11.4 Å². The van der Waals surface area contributed by atoms with Crippen molar-refractivity contribution in [2.24, 2.45) is 0 Å². The lowest BCUT2D eigenvalue weighted by Gasteiger charge is -2.16. The molecule has 1 aliphatic heterocycles. The number of fused-ring (bicyclic) bond motifs is 3. The maximum absolute atomic E-state index is 12.9. The molecule has 0 spiro atoms. The summed E-state index contributed by atoms with van der Waals surface area (Å²) in [5.41, 5.74) is 3.52. The van der Waals surface area contributed by atoms with Gasteiger partial charge in [-0.2, -0.15) is 5.10 Å². The fourth-order valence-electron chi connectivity index (χ4n) is 2.96. The van der Waals surface area contributed by atoms with Crippen molar-refractivity contribution in [3.05, 3.63) is 70.0 Å². The van der Waals surface area contributed by atoms with Crippen LogP contribution in [0.15, 0.2) is 48.8 Å². The van der Waals surface area contributed by atoms with Gasteiger partial charge in [0.25, 0.3) is 5.69 Å². The molecule has 8 heteroatoms. The summed E-state index contributed by atoms with van der Waals surface area (Å²) in [4.78, 5) is 27.5. The molecule has 1 aromatic carbocycles. The van der Waals surface area contributed by atoms with E-state index >= 15 is 0 Å². The Morgan fingerprint density at radius 3 is 2.80 bits per heavy atom. The zero-order valence-electron chi connectivity index (χ0n) is 13.0. The predicted octanol–water partition coefficient (Wildman–Crippen LogP) is 2.60. The van der Waals surface area contributed by atoms with Crippen molar-refractivity contribution < 1.29 is 9.72 Å². The van der Waals surface area contributed by atoms with Gasteiger partial charge in [0, 0.05) is 35.9 Å². The number of hydrogen-bond acceptors (Lipinski definition) is 6. The van der Waals surface area contributed by atoms with Gasteiger partial charge < -0.3 is 5.32 Å². The summed E-state index contributed by atoms with van der Waals surface area (Å²) < 4.78 is 0. The monoisotopic (exact) mass is 335 g/mol. The van der Waals surface area contributed by atoms with Gasteiger partial charge in [-0.25, -0.2) is 0 Å². The number of anilines is 1. The van der Waals surface area contributed by atoms with Crippen LogP contribution in [0, 0.1) is 10.1 Å². The molecule has 0 radical (unpaired) electrons. The number of benzene rings is 1. The van der Waals surface area contributed by atoms with Gasteiger partial charge in [-0.1, -0.05) is 0 Å². The number of pyridine rings is 1. The molecule has 1 unspecified atom stereocenters. The van der Waals surface area contributed by atoms with Crippen LogP contribution in [0.2, 0.25) is 0 Å². The highest BCUT2D eigenvalue weighted by atomic mass is 16.6. The summed E-state index contributed by atoms with van der Waals surface area (Å²) in [6.07, 6.45) is 3.82. The molecule has 0 saturated carbocycles.